The number of rotatable bonds is 2. The molecule has 0 aromatic carbocycles. The maximum absolute atomic E-state index is 12.2. The van der Waals surface area contributed by atoms with Crippen LogP contribution < -0.4 is 0 Å². The molecule has 1 aliphatic carbocycles. The van der Waals surface area contributed by atoms with Gasteiger partial charge in [-0.15, -0.1) is 0 Å². The van der Waals surface area contributed by atoms with Gasteiger partial charge < -0.3 is 14.4 Å². The van der Waals surface area contributed by atoms with E-state index in [4.69, 9.17) is 14.4 Å². The molecule has 1 saturated carbocycles. The Morgan fingerprint density at radius 2 is 2.16 bits per heavy atom. The molecule has 0 saturated heterocycles. The molecule has 2 rings (SSSR count). The van der Waals surface area contributed by atoms with Gasteiger partial charge in [-0.25, -0.2) is 4.79 Å². The number of fused-ring (bicyclic) bond motifs is 1. The number of methoxy groups -OCH3 is 1. The molecule has 6 nitrogen and oxygen atoms in total. The summed E-state index contributed by atoms with van der Waals surface area (Å²) >= 11 is 0. The minimum Gasteiger partial charge on any atom is -0.466 e. The average molecular weight is 268 g/mol. The number of ether oxygens (including phenoxy) is 1. The van der Waals surface area contributed by atoms with Crippen molar-refractivity contribution in [2.24, 2.45) is 21.6 Å². The van der Waals surface area contributed by atoms with Gasteiger partial charge in [0, 0.05) is 5.41 Å². The molecule has 0 N–H and O–H groups in total. The molecule has 0 aromatic rings. The molecular formula is C13H20N2O4. The average Bonchev–Trinajstić information content (AvgIpc) is 2.86. The first-order valence-corrected chi connectivity index (χ1v) is 6.33. The molecule has 0 aromatic heterocycles. The predicted molar refractivity (Wildman–Crippen MR) is 69.9 cm³/mol. The van der Waals surface area contributed by atoms with Crippen molar-refractivity contribution in [1.82, 2.24) is 0 Å². The Balaban J connectivity index is 2.45. The Morgan fingerprint density at radius 1 is 1.47 bits per heavy atom. The van der Waals surface area contributed by atoms with Gasteiger partial charge in [0.15, 0.2) is 0 Å². The van der Waals surface area contributed by atoms with Gasteiger partial charge in [0.2, 0.25) is 0 Å². The molecule has 1 heterocycles. The zero-order chi connectivity index (χ0) is 14.3. The third-order valence-electron chi connectivity index (χ3n) is 3.67. The highest BCUT2D eigenvalue weighted by atomic mass is 16.7. The van der Waals surface area contributed by atoms with Crippen molar-refractivity contribution in [2.45, 2.75) is 39.2 Å². The van der Waals surface area contributed by atoms with E-state index in [2.05, 4.69) is 10.3 Å². The minimum atomic E-state index is -1.23. The summed E-state index contributed by atoms with van der Waals surface area (Å²) in [6, 6.07) is 0. The zero-order valence-corrected chi connectivity index (χ0v) is 12.0. The molecule has 0 spiro atoms. The van der Waals surface area contributed by atoms with E-state index in [0.717, 1.165) is 12.1 Å². The summed E-state index contributed by atoms with van der Waals surface area (Å²) in [5, 5.41) is 8.09. The van der Waals surface area contributed by atoms with Crippen molar-refractivity contribution in [1.29, 1.82) is 0 Å². The van der Waals surface area contributed by atoms with Gasteiger partial charge in [-0.2, -0.15) is 0 Å². The number of nitrogens with zero attached hydrogens (tertiary/aromatic N) is 2. The molecule has 0 amide bonds. The van der Waals surface area contributed by atoms with Crippen LogP contribution >= 0.6 is 0 Å². The smallest absolute Gasteiger partial charge is 0.360 e. The third-order valence-corrected chi connectivity index (χ3v) is 3.67. The monoisotopic (exact) mass is 268 g/mol. The predicted octanol–water partition coefficient (Wildman–Crippen LogP) is 1.74. The van der Waals surface area contributed by atoms with E-state index in [9.17, 15) is 4.79 Å². The van der Waals surface area contributed by atoms with Crippen LogP contribution in [0.5, 0.6) is 0 Å². The standard InChI is InChI=1S/C13H20N2O4/c1-12(2,3)10-8-6-7-9(14-18-5)13(8,19-15-10)11(16)17-4/h8H,6-7H2,1-5H3/b14-9+. The van der Waals surface area contributed by atoms with Crippen molar-refractivity contribution in [3.63, 3.8) is 0 Å². The van der Waals surface area contributed by atoms with Gasteiger partial charge >= 0.3 is 5.97 Å². The highest BCUT2D eigenvalue weighted by molar-refractivity contribution is 6.17. The fraction of sp³-hybridized carbons (Fsp3) is 0.769. The summed E-state index contributed by atoms with van der Waals surface area (Å²) in [6.45, 7) is 6.15. The molecule has 6 heteroatoms. The molecule has 19 heavy (non-hydrogen) atoms. The lowest BCUT2D eigenvalue weighted by Crippen LogP contribution is -2.50. The number of carbonyl (C=O) groups excluding carboxylic acids is 1. The number of hydrogen-bond donors (Lipinski definition) is 0. The molecule has 2 unspecified atom stereocenters. The molecule has 1 aliphatic heterocycles. The van der Waals surface area contributed by atoms with E-state index in [1.165, 1.54) is 14.2 Å². The van der Waals surface area contributed by atoms with Gasteiger partial charge in [0.25, 0.3) is 5.60 Å². The Kier molecular flexibility index (Phi) is 3.28. The second-order valence-corrected chi connectivity index (χ2v) is 5.86. The van der Waals surface area contributed by atoms with E-state index < -0.39 is 11.6 Å². The second-order valence-electron chi connectivity index (χ2n) is 5.86. The molecular weight excluding hydrogens is 248 g/mol. The Hall–Kier alpha value is -1.59. The van der Waals surface area contributed by atoms with E-state index in [0.29, 0.717) is 12.1 Å². The van der Waals surface area contributed by atoms with Crippen LogP contribution in [0.25, 0.3) is 0 Å². The highest BCUT2D eigenvalue weighted by Crippen LogP contribution is 2.46. The molecule has 106 valence electrons. The lowest BCUT2D eigenvalue weighted by molar-refractivity contribution is -0.160. The van der Waals surface area contributed by atoms with Gasteiger partial charge in [0.1, 0.15) is 12.8 Å². The van der Waals surface area contributed by atoms with Crippen molar-refractivity contribution >= 4 is 17.4 Å². The van der Waals surface area contributed by atoms with Crippen LogP contribution in [0.2, 0.25) is 0 Å². The molecule has 1 fully saturated rings. The van der Waals surface area contributed by atoms with Gasteiger partial charge in [-0.3, -0.25) is 0 Å². The van der Waals surface area contributed by atoms with Crippen LogP contribution in [0.15, 0.2) is 10.3 Å². The number of esters is 1. The number of carbonyl (C=O) groups is 1. The van der Waals surface area contributed by atoms with E-state index in [1.807, 2.05) is 20.8 Å². The lowest BCUT2D eigenvalue weighted by atomic mass is 9.76. The van der Waals surface area contributed by atoms with Crippen LogP contribution in [0.4, 0.5) is 0 Å². The summed E-state index contributed by atoms with van der Waals surface area (Å²) in [7, 11) is 2.79. The fourth-order valence-electron chi connectivity index (χ4n) is 2.83. The van der Waals surface area contributed by atoms with Crippen LogP contribution in [-0.2, 0) is 19.2 Å². The quantitative estimate of drug-likeness (QED) is 0.565. The minimum absolute atomic E-state index is 0.131. The number of oxime groups is 2. The van der Waals surface area contributed by atoms with E-state index in [-0.39, 0.29) is 11.3 Å². The van der Waals surface area contributed by atoms with Crippen LogP contribution in [-0.4, -0.2) is 37.2 Å². The van der Waals surface area contributed by atoms with Crippen molar-refractivity contribution in [3.8, 4) is 0 Å². The van der Waals surface area contributed by atoms with Crippen molar-refractivity contribution in [2.75, 3.05) is 14.2 Å². The second kappa shape index (κ2) is 4.51. The summed E-state index contributed by atoms with van der Waals surface area (Å²) in [5.74, 6) is -0.595. The van der Waals surface area contributed by atoms with Crippen molar-refractivity contribution < 1.29 is 19.2 Å². The van der Waals surface area contributed by atoms with Gasteiger partial charge in [0.05, 0.1) is 18.7 Å². The van der Waals surface area contributed by atoms with Crippen LogP contribution in [0.3, 0.4) is 0 Å². The SMILES string of the molecule is CO/N=C1\CCC2C(C(C)(C)C)=NOC12C(=O)OC. The Labute approximate surface area is 112 Å². The molecule has 2 aliphatic rings. The van der Waals surface area contributed by atoms with Crippen LogP contribution in [0, 0.1) is 11.3 Å². The normalized spacial score (nSPS) is 31.7. The zero-order valence-electron chi connectivity index (χ0n) is 12.0. The van der Waals surface area contributed by atoms with Gasteiger partial charge in [-0.05, 0) is 12.8 Å². The molecule has 0 radical (unpaired) electrons. The molecule has 0 bridgehead atoms. The lowest BCUT2D eigenvalue weighted by Gasteiger charge is -2.27. The van der Waals surface area contributed by atoms with Crippen molar-refractivity contribution in [3.05, 3.63) is 0 Å². The van der Waals surface area contributed by atoms with E-state index in [1.54, 1.807) is 0 Å². The van der Waals surface area contributed by atoms with E-state index >= 15 is 0 Å². The maximum atomic E-state index is 12.2. The first-order chi connectivity index (χ1) is 8.87. The van der Waals surface area contributed by atoms with Crippen LogP contribution in [0.1, 0.15) is 33.6 Å². The third kappa shape index (κ3) is 1.89. The highest BCUT2D eigenvalue weighted by Gasteiger charge is 2.64. The number of hydrogen-bond acceptors (Lipinski definition) is 6. The largest absolute Gasteiger partial charge is 0.466 e. The summed E-state index contributed by atoms with van der Waals surface area (Å²) < 4.78 is 4.90. The summed E-state index contributed by atoms with van der Waals surface area (Å²) in [4.78, 5) is 22.6. The first-order valence-electron chi connectivity index (χ1n) is 6.33. The topological polar surface area (TPSA) is 69.5 Å². The molecule has 2 atom stereocenters. The summed E-state index contributed by atoms with van der Waals surface area (Å²) in [6.07, 6.45) is 1.40. The maximum Gasteiger partial charge on any atom is 0.360 e. The van der Waals surface area contributed by atoms with Gasteiger partial charge in [-0.1, -0.05) is 31.1 Å². The fourth-order valence-corrected chi connectivity index (χ4v) is 2.83. The summed E-state index contributed by atoms with van der Waals surface area (Å²) in [5.41, 5.74) is 0.0325. The Morgan fingerprint density at radius 3 is 2.68 bits per heavy atom. The Bertz CT molecular complexity index is 450. The first kappa shape index (κ1) is 13.8.